The molecule has 0 radical (unpaired) electrons. The Hall–Kier alpha value is -0.960. The average molecular weight is 199 g/mol. The first-order valence-electron chi connectivity index (χ1n) is 4.88. The molecule has 1 unspecified atom stereocenters. The van der Waals surface area contributed by atoms with Crippen LogP contribution < -0.4 is 5.32 Å². The van der Waals surface area contributed by atoms with Gasteiger partial charge >= 0.3 is 0 Å². The molecule has 0 spiro atoms. The molecule has 0 saturated heterocycles. The quantitative estimate of drug-likeness (QED) is 0.786. The minimum absolute atomic E-state index is 0.150. The second-order valence-electron chi connectivity index (χ2n) is 3.15. The van der Waals surface area contributed by atoms with Gasteiger partial charge in [-0.3, -0.25) is 0 Å². The molecule has 0 fully saturated rings. The molecule has 0 saturated carbocycles. The molecule has 0 amide bonds. The van der Waals surface area contributed by atoms with Crippen molar-refractivity contribution in [3.8, 4) is 0 Å². The normalized spacial score (nSPS) is 12.9. The van der Waals surface area contributed by atoms with E-state index in [1.165, 1.54) is 18.2 Å². The first kappa shape index (κ1) is 11.1. The zero-order valence-corrected chi connectivity index (χ0v) is 8.48. The van der Waals surface area contributed by atoms with E-state index in [1.807, 2.05) is 13.8 Å². The number of hydrogen-bond acceptors (Lipinski definition) is 1. The number of halogens is 2. The third kappa shape index (κ3) is 2.29. The molecule has 1 atom stereocenters. The Labute approximate surface area is 83.1 Å². The summed E-state index contributed by atoms with van der Waals surface area (Å²) in [5.74, 6) is -0.949. The summed E-state index contributed by atoms with van der Waals surface area (Å²) >= 11 is 0. The Morgan fingerprint density at radius 3 is 2.21 bits per heavy atom. The maximum absolute atomic E-state index is 13.3. The van der Waals surface area contributed by atoms with Crippen molar-refractivity contribution in [2.24, 2.45) is 0 Å². The number of rotatable bonds is 4. The second kappa shape index (κ2) is 5.05. The SMILES string of the molecule is CCNC(CC)c1c(F)cccc1F. The molecule has 1 aromatic rings. The average Bonchev–Trinajstić information content (AvgIpc) is 2.16. The van der Waals surface area contributed by atoms with Gasteiger partial charge in [0.15, 0.2) is 0 Å². The van der Waals surface area contributed by atoms with Gasteiger partial charge in [0.1, 0.15) is 11.6 Å². The third-order valence-electron chi connectivity index (χ3n) is 2.21. The standard InChI is InChI=1S/C11H15F2N/c1-3-10(14-4-2)11-8(12)6-5-7-9(11)13/h5-7,10,14H,3-4H2,1-2H3. The predicted molar refractivity (Wildman–Crippen MR) is 53.1 cm³/mol. The molecule has 0 aliphatic heterocycles. The molecule has 0 aliphatic rings. The van der Waals surface area contributed by atoms with E-state index in [0.29, 0.717) is 13.0 Å². The van der Waals surface area contributed by atoms with Crippen LogP contribution in [0.1, 0.15) is 31.9 Å². The summed E-state index contributed by atoms with van der Waals surface area (Å²) in [4.78, 5) is 0. The zero-order valence-electron chi connectivity index (χ0n) is 8.48. The highest BCUT2D eigenvalue weighted by Crippen LogP contribution is 2.22. The summed E-state index contributed by atoms with van der Waals surface area (Å²) in [5, 5.41) is 3.05. The van der Waals surface area contributed by atoms with Crippen LogP contribution in [0.4, 0.5) is 8.78 Å². The topological polar surface area (TPSA) is 12.0 Å². The van der Waals surface area contributed by atoms with Crippen LogP contribution in [0.2, 0.25) is 0 Å². The van der Waals surface area contributed by atoms with Crippen molar-refractivity contribution >= 4 is 0 Å². The summed E-state index contributed by atoms with van der Waals surface area (Å²) < 4.78 is 26.7. The van der Waals surface area contributed by atoms with Crippen molar-refractivity contribution < 1.29 is 8.78 Å². The molecule has 0 bridgehead atoms. The first-order chi connectivity index (χ1) is 6.70. The fourth-order valence-electron chi connectivity index (χ4n) is 1.54. The van der Waals surface area contributed by atoms with Crippen molar-refractivity contribution in [2.75, 3.05) is 6.54 Å². The molecule has 78 valence electrons. The highest BCUT2D eigenvalue weighted by atomic mass is 19.1. The van der Waals surface area contributed by atoms with E-state index in [4.69, 9.17) is 0 Å². The molecule has 1 N–H and O–H groups in total. The minimum Gasteiger partial charge on any atom is -0.310 e. The van der Waals surface area contributed by atoms with Gasteiger partial charge in [-0.1, -0.05) is 19.9 Å². The molecular formula is C11H15F2N. The van der Waals surface area contributed by atoms with E-state index < -0.39 is 11.6 Å². The molecule has 1 nitrogen and oxygen atoms in total. The summed E-state index contributed by atoms with van der Waals surface area (Å²) in [6, 6.07) is 3.73. The number of hydrogen-bond donors (Lipinski definition) is 1. The van der Waals surface area contributed by atoms with E-state index in [1.54, 1.807) is 0 Å². The lowest BCUT2D eigenvalue weighted by molar-refractivity contribution is 0.466. The molecule has 1 aromatic carbocycles. The van der Waals surface area contributed by atoms with E-state index >= 15 is 0 Å². The first-order valence-corrected chi connectivity index (χ1v) is 4.88. The van der Waals surface area contributed by atoms with Crippen LogP contribution in [0.25, 0.3) is 0 Å². The van der Waals surface area contributed by atoms with Gasteiger partial charge in [-0.25, -0.2) is 8.78 Å². The van der Waals surface area contributed by atoms with Crippen LogP contribution >= 0.6 is 0 Å². The Bertz CT molecular complexity index is 279. The summed E-state index contributed by atoms with van der Waals surface area (Å²) in [5.41, 5.74) is 0.150. The molecule has 0 aromatic heterocycles. The van der Waals surface area contributed by atoms with E-state index in [2.05, 4.69) is 5.32 Å². The number of nitrogens with one attached hydrogen (secondary N) is 1. The van der Waals surface area contributed by atoms with Gasteiger partial charge in [0, 0.05) is 11.6 Å². The molecule has 3 heteroatoms. The van der Waals surface area contributed by atoms with Crippen molar-refractivity contribution in [3.05, 3.63) is 35.4 Å². The van der Waals surface area contributed by atoms with Crippen molar-refractivity contribution in [2.45, 2.75) is 26.3 Å². The van der Waals surface area contributed by atoms with E-state index in [9.17, 15) is 8.78 Å². The van der Waals surface area contributed by atoms with Crippen LogP contribution in [0.15, 0.2) is 18.2 Å². The maximum Gasteiger partial charge on any atom is 0.130 e. The molecule has 14 heavy (non-hydrogen) atoms. The van der Waals surface area contributed by atoms with Gasteiger partial charge in [-0.2, -0.15) is 0 Å². The Kier molecular flexibility index (Phi) is 4.01. The zero-order chi connectivity index (χ0) is 10.6. The van der Waals surface area contributed by atoms with Gasteiger partial charge in [-0.05, 0) is 25.1 Å². The van der Waals surface area contributed by atoms with Gasteiger partial charge in [0.25, 0.3) is 0 Å². The fourth-order valence-corrected chi connectivity index (χ4v) is 1.54. The summed E-state index contributed by atoms with van der Waals surface area (Å²) in [6.45, 7) is 4.52. The molecule has 0 aliphatic carbocycles. The lowest BCUT2D eigenvalue weighted by atomic mass is 10.0. The van der Waals surface area contributed by atoms with Crippen LogP contribution in [0.5, 0.6) is 0 Å². The summed E-state index contributed by atoms with van der Waals surface area (Å²) in [6.07, 6.45) is 0.672. The fraction of sp³-hybridized carbons (Fsp3) is 0.455. The molecule has 1 rings (SSSR count). The monoisotopic (exact) mass is 199 g/mol. The predicted octanol–water partition coefficient (Wildman–Crippen LogP) is 3.03. The van der Waals surface area contributed by atoms with Crippen molar-refractivity contribution in [3.63, 3.8) is 0 Å². The van der Waals surface area contributed by atoms with Crippen LogP contribution in [0.3, 0.4) is 0 Å². The van der Waals surface area contributed by atoms with Crippen LogP contribution in [-0.2, 0) is 0 Å². The number of benzene rings is 1. The lowest BCUT2D eigenvalue weighted by Gasteiger charge is -2.17. The van der Waals surface area contributed by atoms with E-state index in [0.717, 1.165) is 0 Å². The van der Waals surface area contributed by atoms with Crippen molar-refractivity contribution in [1.82, 2.24) is 5.32 Å². The van der Waals surface area contributed by atoms with Crippen LogP contribution in [-0.4, -0.2) is 6.54 Å². The van der Waals surface area contributed by atoms with Gasteiger partial charge in [-0.15, -0.1) is 0 Å². The van der Waals surface area contributed by atoms with Gasteiger partial charge < -0.3 is 5.32 Å². The minimum atomic E-state index is -0.474. The maximum atomic E-state index is 13.3. The molecule has 0 heterocycles. The van der Waals surface area contributed by atoms with Gasteiger partial charge in [0.2, 0.25) is 0 Å². The summed E-state index contributed by atoms with van der Waals surface area (Å²) in [7, 11) is 0. The third-order valence-corrected chi connectivity index (χ3v) is 2.21. The highest BCUT2D eigenvalue weighted by molar-refractivity contribution is 5.23. The van der Waals surface area contributed by atoms with Gasteiger partial charge in [0.05, 0.1) is 0 Å². The lowest BCUT2D eigenvalue weighted by Crippen LogP contribution is -2.22. The Balaban J connectivity index is 3.02. The Morgan fingerprint density at radius 1 is 1.21 bits per heavy atom. The Morgan fingerprint density at radius 2 is 1.79 bits per heavy atom. The smallest absolute Gasteiger partial charge is 0.130 e. The highest BCUT2D eigenvalue weighted by Gasteiger charge is 2.16. The second-order valence-corrected chi connectivity index (χ2v) is 3.15. The van der Waals surface area contributed by atoms with E-state index in [-0.39, 0.29) is 11.6 Å². The van der Waals surface area contributed by atoms with Crippen LogP contribution in [0, 0.1) is 11.6 Å². The largest absolute Gasteiger partial charge is 0.310 e. The molecular weight excluding hydrogens is 184 g/mol. The van der Waals surface area contributed by atoms with Crippen molar-refractivity contribution in [1.29, 1.82) is 0 Å².